The van der Waals surface area contributed by atoms with Gasteiger partial charge in [0, 0.05) is 0 Å². The lowest BCUT2D eigenvalue weighted by Gasteiger charge is -2.08. The first-order valence-electron chi connectivity index (χ1n) is 8.06. The molecule has 0 spiro atoms. The summed E-state index contributed by atoms with van der Waals surface area (Å²) >= 11 is 0. The monoisotopic (exact) mass is 373 g/mol. The van der Waals surface area contributed by atoms with Crippen molar-refractivity contribution in [3.63, 3.8) is 0 Å². The van der Waals surface area contributed by atoms with E-state index in [1.54, 1.807) is 48.5 Å². The number of nitrogens with zero attached hydrogens (tertiary/aromatic N) is 4. The Hall–Kier alpha value is -2.78. The standard InChI is InChI=1S/C17H19N5O3S/c1-3-25-15-8-6-14(7-9-15)22-17(19-20-21-22)12-18-26(23,24)16-10-4-13(2)5-11-16/h4-11,18H,3,12H2,1-2H3. The number of hydrogen-bond donors (Lipinski definition) is 1. The summed E-state index contributed by atoms with van der Waals surface area (Å²) in [5, 5.41) is 11.5. The number of rotatable bonds is 7. The topological polar surface area (TPSA) is 99.0 Å². The summed E-state index contributed by atoms with van der Waals surface area (Å²) in [6, 6.07) is 13.8. The van der Waals surface area contributed by atoms with Gasteiger partial charge in [0.15, 0.2) is 5.82 Å². The predicted octanol–water partition coefficient (Wildman–Crippen LogP) is 1.85. The number of tetrazole rings is 1. The summed E-state index contributed by atoms with van der Waals surface area (Å²) in [5.74, 6) is 1.12. The van der Waals surface area contributed by atoms with Crippen molar-refractivity contribution in [3.8, 4) is 11.4 Å². The Labute approximate surface area is 151 Å². The molecule has 8 nitrogen and oxygen atoms in total. The lowest BCUT2D eigenvalue weighted by molar-refractivity contribution is 0.340. The number of benzene rings is 2. The van der Waals surface area contributed by atoms with Crippen molar-refractivity contribution in [2.24, 2.45) is 0 Å². The lowest BCUT2D eigenvalue weighted by atomic mass is 10.2. The van der Waals surface area contributed by atoms with E-state index in [0.717, 1.165) is 11.3 Å². The van der Waals surface area contributed by atoms with Crippen LogP contribution in [0.3, 0.4) is 0 Å². The number of nitrogens with one attached hydrogen (secondary N) is 1. The van der Waals surface area contributed by atoms with Crippen LogP contribution in [0.1, 0.15) is 18.3 Å². The van der Waals surface area contributed by atoms with Gasteiger partial charge in [0.2, 0.25) is 10.0 Å². The summed E-state index contributed by atoms with van der Waals surface area (Å²) in [7, 11) is -3.65. The number of aromatic nitrogens is 4. The molecule has 1 N–H and O–H groups in total. The molecular formula is C17H19N5O3S. The molecule has 3 rings (SSSR count). The van der Waals surface area contributed by atoms with Gasteiger partial charge in [0.05, 0.1) is 23.7 Å². The maximum Gasteiger partial charge on any atom is 0.240 e. The summed E-state index contributed by atoms with van der Waals surface area (Å²) in [5.41, 5.74) is 1.70. The van der Waals surface area contributed by atoms with Crippen LogP contribution in [-0.2, 0) is 16.6 Å². The second kappa shape index (κ2) is 7.63. The second-order valence-electron chi connectivity index (χ2n) is 5.57. The van der Waals surface area contributed by atoms with Crippen molar-refractivity contribution in [2.75, 3.05) is 6.61 Å². The third-order valence-corrected chi connectivity index (χ3v) is 5.10. The molecule has 0 aliphatic rings. The highest BCUT2D eigenvalue weighted by Crippen LogP contribution is 2.16. The van der Waals surface area contributed by atoms with E-state index in [9.17, 15) is 8.42 Å². The van der Waals surface area contributed by atoms with Gasteiger partial charge >= 0.3 is 0 Å². The molecule has 1 heterocycles. The van der Waals surface area contributed by atoms with Crippen molar-refractivity contribution < 1.29 is 13.2 Å². The summed E-state index contributed by atoms with van der Waals surface area (Å²) in [6.07, 6.45) is 0. The molecule has 0 saturated heterocycles. The fraction of sp³-hybridized carbons (Fsp3) is 0.235. The Balaban J connectivity index is 1.75. The van der Waals surface area contributed by atoms with E-state index in [1.807, 2.05) is 13.8 Å². The fourth-order valence-corrected chi connectivity index (χ4v) is 3.31. The van der Waals surface area contributed by atoms with Crippen molar-refractivity contribution in [2.45, 2.75) is 25.3 Å². The zero-order chi connectivity index (χ0) is 18.6. The maximum absolute atomic E-state index is 12.4. The van der Waals surface area contributed by atoms with Gasteiger partial charge in [-0.05, 0) is 60.7 Å². The molecule has 2 aromatic carbocycles. The molecule has 9 heteroatoms. The highest BCUT2D eigenvalue weighted by Gasteiger charge is 2.16. The summed E-state index contributed by atoms with van der Waals surface area (Å²) < 4.78 is 34.2. The normalized spacial score (nSPS) is 11.5. The molecule has 0 fully saturated rings. The molecule has 0 radical (unpaired) electrons. The third-order valence-electron chi connectivity index (χ3n) is 3.68. The quantitative estimate of drug-likeness (QED) is 0.678. The van der Waals surface area contributed by atoms with Crippen LogP contribution in [0.25, 0.3) is 5.69 Å². The SMILES string of the molecule is CCOc1ccc(-n2nnnc2CNS(=O)(=O)c2ccc(C)cc2)cc1. The highest BCUT2D eigenvalue weighted by molar-refractivity contribution is 7.89. The minimum atomic E-state index is -3.65. The van der Waals surface area contributed by atoms with Gasteiger partial charge in [0.1, 0.15) is 5.75 Å². The first-order valence-corrected chi connectivity index (χ1v) is 9.55. The van der Waals surface area contributed by atoms with Crippen LogP contribution in [0.5, 0.6) is 5.75 Å². The van der Waals surface area contributed by atoms with Gasteiger partial charge in [-0.3, -0.25) is 0 Å². The van der Waals surface area contributed by atoms with Crippen LogP contribution < -0.4 is 9.46 Å². The number of aryl methyl sites for hydroxylation is 1. The van der Waals surface area contributed by atoms with Gasteiger partial charge in [-0.25, -0.2) is 13.1 Å². The molecular weight excluding hydrogens is 354 g/mol. The maximum atomic E-state index is 12.4. The molecule has 26 heavy (non-hydrogen) atoms. The molecule has 0 saturated carbocycles. The van der Waals surface area contributed by atoms with E-state index in [2.05, 4.69) is 20.2 Å². The third kappa shape index (κ3) is 4.06. The molecule has 0 unspecified atom stereocenters. The Bertz CT molecular complexity index is 966. The first-order chi connectivity index (χ1) is 12.5. The van der Waals surface area contributed by atoms with Gasteiger partial charge in [-0.15, -0.1) is 5.10 Å². The number of ether oxygens (including phenoxy) is 1. The van der Waals surface area contributed by atoms with Gasteiger partial charge in [0.25, 0.3) is 0 Å². The average Bonchev–Trinajstić information content (AvgIpc) is 3.10. The Morgan fingerprint density at radius 1 is 1.08 bits per heavy atom. The molecule has 3 aromatic rings. The van der Waals surface area contributed by atoms with Crippen LogP contribution in [0.4, 0.5) is 0 Å². The number of sulfonamides is 1. The van der Waals surface area contributed by atoms with E-state index < -0.39 is 10.0 Å². The second-order valence-corrected chi connectivity index (χ2v) is 7.34. The van der Waals surface area contributed by atoms with Crippen LogP contribution in [0.15, 0.2) is 53.4 Å². The van der Waals surface area contributed by atoms with Crippen molar-refractivity contribution >= 4 is 10.0 Å². The van der Waals surface area contributed by atoms with E-state index >= 15 is 0 Å². The molecule has 0 bridgehead atoms. The zero-order valence-corrected chi connectivity index (χ0v) is 15.3. The van der Waals surface area contributed by atoms with Crippen LogP contribution in [-0.4, -0.2) is 35.2 Å². The van der Waals surface area contributed by atoms with Crippen molar-refractivity contribution in [3.05, 3.63) is 59.9 Å². The number of hydrogen-bond acceptors (Lipinski definition) is 6. The first kappa shape index (κ1) is 18.0. The van der Waals surface area contributed by atoms with Crippen LogP contribution >= 0.6 is 0 Å². The largest absolute Gasteiger partial charge is 0.494 e. The van der Waals surface area contributed by atoms with Gasteiger partial charge < -0.3 is 4.74 Å². The Morgan fingerprint density at radius 2 is 1.77 bits per heavy atom. The van der Waals surface area contributed by atoms with E-state index in [-0.39, 0.29) is 11.4 Å². The van der Waals surface area contributed by atoms with Gasteiger partial charge in [-0.1, -0.05) is 17.7 Å². The molecule has 0 atom stereocenters. The van der Waals surface area contributed by atoms with E-state index in [4.69, 9.17) is 4.74 Å². The van der Waals surface area contributed by atoms with Crippen LogP contribution in [0, 0.1) is 6.92 Å². The lowest BCUT2D eigenvalue weighted by Crippen LogP contribution is -2.25. The minimum absolute atomic E-state index is 0.0313. The minimum Gasteiger partial charge on any atom is -0.494 e. The van der Waals surface area contributed by atoms with E-state index in [0.29, 0.717) is 18.1 Å². The molecule has 0 aliphatic heterocycles. The van der Waals surface area contributed by atoms with Gasteiger partial charge in [-0.2, -0.15) is 4.68 Å². The highest BCUT2D eigenvalue weighted by atomic mass is 32.2. The van der Waals surface area contributed by atoms with Crippen molar-refractivity contribution in [1.82, 2.24) is 24.9 Å². The zero-order valence-electron chi connectivity index (χ0n) is 14.5. The molecule has 0 amide bonds. The Morgan fingerprint density at radius 3 is 2.42 bits per heavy atom. The molecule has 0 aliphatic carbocycles. The van der Waals surface area contributed by atoms with E-state index in [1.165, 1.54) is 4.68 Å². The molecule has 136 valence electrons. The smallest absolute Gasteiger partial charge is 0.240 e. The van der Waals surface area contributed by atoms with Crippen molar-refractivity contribution in [1.29, 1.82) is 0 Å². The Kier molecular flexibility index (Phi) is 5.29. The molecule has 1 aromatic heterocycles. The fourth-order valence-electron chi connectivity index (χ4n) is 2.33. The predicted molar refractivity (Wildman–Crippen MR) is 95.5 cm³/mol. The van der Waals surface area contributed by atoms with Crippen LogP contribution in [0.2, 0.25) is 0 Å². The average molecular weight is 373 g/mol. The summed E-state index contributed by atoms with van der Waals surface area (Å²) in [4.78, 5) is 0.197. The summed E-state index contributed by atoms with van der Waals surface area (Å²) in [6.45, 7) is 4.36.